The quantitative estimate of drug-likeness (QED) is 0.559. The number of pyridine rings is 1. The molecule has 0 spiro atoms. The Morgan fingerprint density at radius 1 is 1.18 bits per heavy atom. The molecule has 0 aliphatic carbocycles. The van der Waals surface area contributed by atoms with Crippen molar-refractivity contribution in [2.75, 3.05) is 0 Å². The molecule has 0 radical (unpaired) electrons. The lowest BCUT2D eigenvalue weighted by Gasteiger charge is -2.12. The molecule has 0 amide bonds. The summed E-state index contributed by atoms with van der Waals surface area (Å²) < 4.78 is 0. The first kappa shape index (κ1) is 17.6. The van der Waals surface area contributed by atoms with Crippen LogP contribution in [0, 0.1) is 5.92 Å². The Kier molecular flexibility index (Phi) is 7.63. The van der Waals surface area contributed by atoms with Crippen molar-refractivity contribution in [2.45, 2.75) is 20.3 Å². The first-order chi connectivity index (χ1) is 10.7. The Balaban J connectivity index is 2.89. The summed E-state index contributed by atoms with van der Waals surface area (Å²) in [5.74, 6) is 0.367. The fraction of sp³-hybridized carbons (Fsp3) is 0.190. The van der Waals surface area contributed by atoms with Crippen molar-refractivity contribution in [1.29, 1.82) is 0 Å². The van der Waals surface area contributed by atoms with Gasteiger partial charge in [-0.3, -0.25) is 4.98 Å². The number of rotatable bonds is 8. The van der Waals surface area contributed by atoms with Gasteiger partial charge in [-0.1, -0.05) is 75.3 Å². The minimum absolute atomic E-state index is 0.367. The van der Waals surface area contributed by atoms with Gasteiger partial charge in [0.05, 0.1) is 0 Å². The van der Waals surface area contributed by atoms with Gasteiger partial charge in [0.2, 0.25) is 0 Å². The van der Waals surface area contributed by atoms with Gasteiger partial charge in [0.15, 0.2) is 0 Å². The third kappa shape index (κ3) is 5.17. The van der Waals surface area contributed by atoms with Crippen molar-refractivity contribution in [3.05, 3.63) is 97.4 Å². The van der Waals surface area contributed by atoms with Crippen LogP contribution in [0.3, 0.4) is 0 Å². The van der Waals surface area contributed by atoms with E-state index >= 15 is 0 Å². The summed E-state index contributed by atoms with van der Waals surface area (Å²) in [5.41, 5.74) is 4.40. The Hall–Kier alpha value is -2.41. The van der Waals surface area contributed by atoms with E-state index in [1.54, 1.807) is 6.08 Å². The molecular weight excluding hydrogens is 266 g/mol. The average Bonchev–Trinajstić information content (AvgIpc) is 2.54. The van der Waals surface area contributed by atoms with Crippen molar-refractivity contribution in [3.63, 3.8) is 0 Å². The minimum Gasteiger partial charge on any atom is -0.261 e. The number of allylic oxidation sites excluding steroid dienone is 9. The van der Waals surface area contributed by atoms with Gasteiger partial charge in [-0.2, -0.15) is 0 Å². The van der Waals surface area contributed by atoms with E-state index in [-0.39, 0.29) is 0 Å². The largest absolute Gasteiger partial charge is 0.261 e. The smallest absolute Gasteiger partial charge is 0.0410 e. The molecular formula is C21H25N. The monoisotopic (exact) mass is 291 g/mol. The van der Waals surface area contributed by atoms with E-state index in [9.17, 15) is 0 Å². The summed E-state index contributed by atoms with van der Waals surface area (Å²) in [4.78, 5) is 4.57. The number of hydrogen-bond donors (Lipinski definition) is 0. The van der Waals surface area contributed by atoms with Crippen LogP contribution in [0.15, 0.2) is 86.2 Å². The maximum atomic E-state index is 4.57. The van der Waals surface area contributed by atoms with E-state index in [4.69, 9.17) is 0 Å². The zero-order valence-electron chi connectivity index (χ0n) is 13.6. The molecule has 22 heavy (non-hydrogen) atoms. The SMILES string of the molecule is C=C/C=C(\C=C)C(C)Cc1ccc(/C(C=C)=C/C=C\C)cn1. The van der Waals surface area contributed by atoms with Crippen LogP contribution in [0.25, 0.3) is 5.57 Å². The Labute approximate surface area is 134 Å². The van der Waals surface area contributed by atoms with E-state index in [1.165, 1.54) is 5.57 Å². The second-order valence-electron chi connectivity index (χ2n) is 5.10. The van der Waals surface area contributed by atoms with Gasteiger partial charge in [0, 0.05) is 11.9 Å². The summed E-state index contributed by atoms with van der Waals surface area (Å²) in [6, 6.07) is 4.17. The predicted molar refractivity (Wildman–Crippen MR) is 98.6 cm³/mol. The molecule has 0 fully saturated rings. The van der Waals surface area contributed by atoms with Crippen LogP contribution >= 0.6 is 0 Å². The molecule has 0 bridgehead atoms. The normalized spacial score (nSPS) is 13.9. The van der Waals surface area contributed by atoms with Crippen LogP contribution in [0.4, 0.5) is 0 Å². The summed E-state index contributed by atoms with van der Waals surface area (Å²) >= 11 is 0. The highest BCUT2D eigenvalue weighted by atomic mass is 14.7. The van der Waals surface area contributed by atoms with Gasteiger partial charge in [0.25, 0.3) is 0 Å². The standard InChI is InChI=1S/C21H25N/c1-6-10-12-19(9-4)20-13-14-21(22-16-20)15-17(5)18(8-3)11-7-2/h6-14,16-17H,2-4,15H2,1,5H3/b10-6-,18-11+,19-12+. The maximum absolute atomic E-state index is 4.57. The van der Waals surface area contributed by atoms with Crippen LogP contribution in [-0.2, 0) is 6.42 Å². The molecule has 0 saturated heterocycles. The highest BCUT2D eigenvalue weighted by Gasteiger charge is 2.08. The Morgan fingerprint density at radius 2 is 1.95 bits per heavy atom. The van der Waals surface area contributed by atoms with Gasteiger partial charge < -0.3 is 0 Å². The molecule has 1 aromatic heterocycles. The number of hydrogen-bond acceptors (Lipinski definition) is 1. The van der Waals surface area contributed by atoms with E-state index in [0.717, 1.165) is 23.3 Å². The second-order valence-corrected chi connectivity index (χ2v) is 5.10. The fourth-order valence-corrected chi connectivity index (χ4v) is 2.20. The number of aromatic nitrogens is 1. The van der Waals surface area contributed by atoms with Gasteiger partial charge in [-0.25, -0.2) is 0 Å². The van der Waals surface area contributed by atoms with Crippen LogP contribution in [0.1, 0.15) is 25.1 Å². The van der Waals surface area contributed by atoms with Gasteiger partial charge in [-0.05, 0) is 42.0 Å². The maximum Gasteiger partial charge on any atom is 0.0410 e. The van der Waals surface area contributed by atoms with Crippen molar-refractivity contribution < 1.29 is 0 Å². The highest BCUT2D eigenvalue weighted by molar-refractivity contribution is 5.74. The third-order valence-electron chi connectivity index (χ3n) is 3.48. The fourth-order valence-electron chi connectivity index (χ4n) is 2.20. The number of nitrogens with zero attached hydrogens (tertiary/aromatic N) is 1. The topological polar surface area (TPSA) is 12.9 Å². The van der Waals surface area contributed by atoms with Gasteiger partial charge in [0.1, 0.15) is 0 Å². The molecule has 114 valence electrons. The molecule has 0 aliphatic rings. The molecule has 0 aromatic carbocycles. The van der Waals surface area contributed by atoms with E-state index in [0.29, 0.717) is 5.92 Å². The zero-order chi connectivity index (χ0) is 16.4. The first-order valence-electron chi connectivity index (χ1n) is 7.52. The molecule has 1 heteroatoms. The van der Waals surface area contributed by atoms with Crippen molar-refractivity contribution in [1.82, 2.24) is 4.98 Å². The van der Waals surface area contributed by atoms with Crippen LogP contribution in [0.5, 0.6) is 0 Å². The molecule has 1 rings (SSSR count). The van der Waals surface area contributed by atoms with Crippen molar-refractivity contribution in [2.24, 2.45) is 5.92 Å². The lowest BCUT2D eigenvalue weighted by Crippen LogP contribution is -2.04. The molecule has 1 heterocycles. The van der Waals surface area contributed by atoms with Crippen LogP contribution < -0.4 is 0 Å². The summed E-state index contributed by atoms with van der Waals surface area (Å²) in [5, 5.41) is 0. The van der Waals surface area contributed by atoms with Crippen molar-refractivity contribution in [3.8, 4) is 0 Å². The zero-order valence-corrected chi connectivity index (χ0v) is 13.6. The summed E-state index contributed by atoms with van der Waals surface area (Å²) in [7, 11) is 0. The van der Waals surface area contributed by atoms with E-state index < -0.39 is 0 Å². The molecule has 0 N–H and O–H groups in total. The lowest BCUT2D eigenvalue weighted by atomic mass is 9.95. The first-order valence-corrected chi connectivity index (χ1v) is 7.52. The molecule has 1 nitrogen and oxygen atoms in total. The minimum atomic E-state index is 0.367. The van der Waals surface area contributed by atoms with Crippen molar-refractivity contribution >= 4 is 5.57 Å². The highest BCUT2D eigenvalue weighted by Crippen LogP contribution is 2.19. The van der Waals surface area contributed by atoms with Crippen LogP contribution in [-0.4, -0.2) is 4.98 Å². The second kappa shape index (κ2) is 9.51. The molecule has 0 saturated carbocycles. The average molecular weight is 291 g/mol. The lowest BCUT2D eigenvalue weighted by molar-refractivity contribution is 0.679. The predicted octanol–water partition coefficient (Wildman–Crippen LogP) is 5.70. The molecule has 1 atom stereocenters. The van der Waals surface area contributed by atoms with Gasteiger partial charge in [-0.15, -0.1) is 0 Å². The summed E-state index contributed by atoms with van der Waals surface area (Å²) in [6.45, 7) is 15.6. The van der Waals surface area contributed by atoms with Crippen LogP contribution in [0.2, 0.25) is 0 Å². The molecule has 1 aromatic rings. The molecule has 1 unspecified atom stereocenters. The Morgan fingerprint density at radius 3 is 2.45 bits per heavy atom. The van der Waals surface area contributed by atoms with E-state index in [1.807, 2.05) is 49.6 Å². The van der Waals surface area contributed by atoms with E-state index in [2.05, 4.69) is 43.8 Å². The molecule has 0 aliphatic heterocycles. The third-order valence-corrected chi connectivity index (χ3v) is 3.48. The summed E-state index contributed by atoms with van der Waals surface area (Å²) in [6.07, 6.45) is 16.4. The Bertz CT molecular complexity index is 597. The van der Waals surface area contributed by atoms with Gasteiger partial charge >= 0.3 is 0 Å².